The lowest BCUT2D eigenvalue weighted by Crippen LogP contribution is -2.38. The third-order valence-corrected chi connectivity index (χ3v) is 3.22. The summed E-state index contributed by atoms with van der Waals surface area (Å²) in [4.78, 5) is 13.6. The van der Waals surface area contributed by atoms with E-state index in [9.17, 15) is 9.18 Å². The van der Waals surface area contributed by atoms with Gasteiger partial charge in [0.25, 0.3) is 0 Å². The number of halogens is 1. The quantitative estimate of drug-likeness (QED) is 0.850. The molecule has 1 aliphatic rings. The number of fused-ring (bicyclic) bond motifs is 1. The summed E-state index contributed by atoms with van der Waals surface area (Å²) < 4.78 is 24.2. The highest BCUT2D eigenvalue weighted by Gasteiger charge is 2.26. The number of para-hydroxylation sites is 1. The molecule has 0 atom stereocenters. The van der Waals surface area contributed by atoms with Crippen LogP contribution in [0.5, 0.6) is 5.75 Å². The van der Waals surface area contributed by atoms with E-state index < -0.39 is 11.9 Å². The van der Waals surface area contributed by atoms with Crippen molar-refractivity contribution >= 4 is 11.8 Å². The summed E-state index contributed by atoms with van der Waals surface area (Å²) in [6, 6.07) is 13.9. The summed E-state index contributed by atoms with van der Waals surface area (Å²) in [7, 11) is 0. The molecule has 108 valence electrons. The summed E-state index contributed by atoms with van der Waals surface area (Å²) >= 11 is 0. The highest BCUT2D eigenvalue weighted by Crippen LogP contribution is 2.34. The van der Waals surface area contributed by atoms with Gasteiger partial charge in [0.2, 0.25) is 0 Å². The molecule has 0 aromatic heterocycles. The van der Waals surface area contributed by atoms with Gasteiger partial charge in [0.15, 0.2) is 11.6 Å². The van der Waals surface area contributed by atoms with Crippen LogP contribution in [0.4, 0.5) is 14.9 Å². The second-order valence-electron chi connectivity index (χ2n) is 4.63. The number of carbonyl (C=O) groups excluding carboxylic acids is 1. The van der Waals surface area contributed by atoms with Crippen LogP contribution in [0, 0.1) is 5.82 Å². The molecule has 0 spiro atoms. The minimum Gasteiger partial charge on any atom is -0.486 e. The number of hydrogen-bond acceptors (Lipinski definition) is 3. The maximum absolute atomic E-state index is 13.7. The fourth-order valence-corrected chi connectivity index (χ4v) is 2.20. The standard InChI is InChI=1S/C16H14FNO3/c17-13-7-4-8-14-15(13)20-10-9-18(14)16(19)21-11-12-5-2-1-3-6-12/h1-8H,9-11H2. The summed E-state index contributed by atoms with van der Waals surface area (Å²) in [5.74, 6) is -0.381. The second kappa shape index (κ2) is 5.83. The monoisotopic (exact) mass is 287 g/mol. The molecule has 21 heavy (non-hydrogen) atoms. The van der Waals surface area contributed by atoms with Crippen molar-refractivity contribution in [3.63, 3.8) is 0 Å². The van der Waals surface area contributed by atoms with Crippen LogP contribution in [-0.4, -0.2) is 19.2 Å². The van der Waals surface area contributed by atoms with E-state index in [2.05, 4.69) is 0 Å². The van der Waals surface area contributed by atoms with Gasteiger partial charge in [0, 0.05) is 0 Å². The predicted octanol–water partition coefficient (Wildman–Crippen LogP) is 3.36. The molecule has 1 heterocycles. The van der Waals surface area contributed by atoms with Gasteiger partial charge in [-0.05, 0) is 17.7 Å². The Morgan fingerprint density at radius 1 is 1.19 bits per heavy atom. The molecule has 0 bridgehead atoms. The third-order valence-electron chi connectivity index (χ3n) is 3.22. The fraction of sp³-hybridized carbons (Fsp3) is 0.188. The van der Waals surface area contributed by atoms with E-state index in [1.165, 1.54) is 11.0 Å². The van der Waals surface area contributed by atoms with Gasteiger partial charge < -0.3 is 9.47 Å². The maximum Gasteiger partial charge on any atom is 0.414 e. The van der Waals surface area contributed by atoms with Crippen molar-refractivity contribution in [2.45, 2.75) is 6.61 Å². The zero-order chi connectivity index (χ0) is 14.7. The van der Waals surface area contributed by atoms with Gasteiger partial charge >= 0.3 is 6.09 Å². The summed E-state index contributed by atoms with van der Waals surface area (Å²) in [5, 5.41) is 0. The Balaban J connectivity index is 1.73. The van der Waals surface area contributed by atoms with Crippen LogP contribution < -0.4 is 9.64 Å². The van der Waals surface area contributed by atoms with Gasteiger partial charge in [0.1, 0.15) is 13.2 Å². The highest BCUT2D eigenvalue weighted by molar-refractivity contribution is 5.90. The number of anilines is 1. The lowest BCUT2D eigenvalue weighted by Gasteiger charge is -2.28. The first kappa shape index (κ1) is 13.4. The largest absolute Gasteiger partial charge is 0.486 e. The number of amides is 1. The normalized spacial score (nSPS) is 13.3. The molecule has 1 amide bonds. The molecule has 5 heteroatoms. The molecule has 0 N–H and O–H groups in total. The lowest BCUT2D eigenvalue weighted by atomic mass is 10.2. The van der Waals surface area contributed by atoms with Gasteiger partial charge in [-0.1, -0.05) is 36.4 Å². The first-order chi connectivity index (χ1) is 10.3. The van der Waals surface area contributed by atoms with Crippen LogP contribution in [0.15, 0.2) is 48.5 Å². The van der Waals surface area contributed by atoms with Crippen LogP contribution in [0.2, 0.25) is 0 Å². The van der Waals surface area contributed by atoms with Gasteiger partial charge in [-0.15, -0.1) is 0 Å². The van der Waals surface area contributed by atoms with E-state index >= 15 is 0 Å². The van der Waals surface area contributed by atoms with E-state index in [1.54, 1.807) is 12.1 Å². The highest BCUT2D eigenvalue weighted by atomic mass is 19.1. The molecule has 0 saturated heterocycles. The number of ether oxygens (including phenoxy) is 2. The molecule has 2 aromatic rings. The average molecular weight is 287 g/mol. The number of benzene rings is 2. The zero-order valence-corrected chi connectivity index (χ0v) is 11.3. The molecule has 0 unspecified atom stereocenters. The molecule has 3 rings (SSSR count). The lowest BCUT2D eigenvalue weighted by molar-refractivity contribution is 0.143. The Hall–Kier alpha value is -2.56. The Morgan fingerprint density at radius 2 is 2.00 bits per heavy atom. The number of nitrogens with zero attached hydrogens (tertiary/aromatic N) is 1. The van der Waals surface area contributed by atoms with E-state index in [0.717, 1.165) is 5.56 Å². The predicted molar refractivity (Wildman–Crippen MR) is 75.9 cm³/mol. The molecule has 4 nitrogen and oxygen atoms in total. The van der Waals surface area contributed by atoms with E-state index in [-0.39, 0.29) is 19.0 Å². The van der Waals surface area contributed by atoms with Crippen LogP contribution in [0.1, 0.15) is 5.56 Å². The SMILES string of the molecule is O=C(OCc1ccccc1)N1CCOc2c(F)cccc21. The van der Waals surface area contributed by atoms with Crippen molar-refractivity contribution in [1.82, 2.24) is 0 Å². The minimum atomic E-state index is -0.506. The van der Waals surface area contributed by atoms with Gasteiger partial charge in [-0.3, -0.25) is 4.90 Å². The van der Waals surface area contributed by atoms with Gasteiger partial charge in [0.05, 0.1) is 12.2 Å². The smallest absolute Gasteiger partial charge is 0.414 e. The topological polar surface area (TPSA) is 38.8 Å². The van der Waals surface area contributed by atoms with Gasteiger partial charge in [-0.2, -0.15) is 0 Å². The van der Waals surface area contributed by atoms with Crippen molar-refractivity contribution in [3.8, 4) is 5.75 Å². The Labute approximate surface area is 121 Å². The number of carbonyl (C=O) groups is 1. The maximum atomic E-state index is 13.7. The van der Waals surface area contributed by atoms with Crippen molar-refractivity contribution in [1.29, 1.82) is 0 Å². The molecule has 0 radical (unpaired) electrons. The minimum absolute atomic E-state index is 0.0976. The fourth-order valence-electron chi connectivity index (χ4n) is 2.20. The van der Waals surface area contributed by atoms with Crippen LogP contribution >= 0.6 is 0 Å². The van der Waals surface area contributed by atoms with Crippen LogP contribution in [0.25, 0.3) is 0 Å². The average Bonchev–Trinajstić information content (AvgIpc) is 2.53. The first-order valence-corrected chi connectivity index (χ1v) is 6.65. The Bertz CT molecular complexity index is 645. The second-order valence-corrected chi connectivity index (χ2v) is 4.63. The summed E-state index contributed by atoms with van der Waals surface area (Å²) in [5.41, 5.74) is 1.30. The van der Waals surface area contributed by atoms with Crippen LogP contribution in [0.3, 0.4) is 0 Å². The van der Waals surface area contributed by atoms with Crippen molar-refractivity contribution in [2.24, 2.45) is 0 Å². The first-order valence-electron chi connectivity index (χ1n) is 6.65. The molecule has 1 aliphatic heterocycles. The Kier molecular flexibility index (Phi) is 3.73. The molecular formula is C16H14FNO3. The Morgan fingerprint density at radius 3 is 2.81 bits per heavy atom. The van der Waals surface area contributed by atoms with Crippen molar-refractivity contribution in [3.05, 3.63) is 59.9 Å². The molecular weight excluding hydrogens is 273 g/mol. The molecule has 2 aromatic carbocycles. The van der Waals surface area contributed by atoms with E-state index in [0.29, 0.717) is 12.2 Å². The zero-order valence-electron chi connectivity index (χ0n) is 11.3. The van der Waals surface area contributed by atoms with Crippen molar-refractivity contribution in [2.75, 3.05) is 18.1 Å². The van der Waals surface area contributed by atoms with Crippen molar-refractivity contribution < 1.29 is 18.7 Å². The molecule has 0 aliphatic carbocycles. The van der Waals surface area contributed by atoms with E-state index in [1.807, 2.05) is 30.3 Å². The summed E-state index contributed by atoms with van der Waals surface area (Å²) in [6.07, 6.45) is -0.506. The third kappa shape index (κ3) is 2.81. The molecule has 0 fully saturated rings. The van der Waals surface area contributed by atoms with Crippen LogP contribution in [-0.2, 0) is 11.3 Å². The number of rotatable bonds is 2. The molecule has 0 saturated carbocycles. The van der Waals surface area contributed by atoms with Gasteiger partial charge in [-0.25, -0.2) is 9.18 Å². The summed E-state index contributed by atoms with van der Waals surface area (Å²) in [6.45, 7) is 0.764. The van der Waals surface area contributed by atoms with E-state index in [4.69, 9.17) is 9.47 Å². The number of hydrogen-bond donors (Lipinski definition) is 0.